The molecule has 0 saturated heterocycles. The van der Waals surface area contributed by atoms with Crippen molar-refractivity contribution in [2.75, 3.05) is 5.75 Å². The Morgan fingerprint density at radius 2 is 2.17 bits per heavy atom. The number of aromatic nitrogens is 1. The molecule has 0 atom stereocenters. The van der Waals surface area contributed by atoms with Gasteiger partial charge in [-0.3, -0.25) is 4.79 Å². The third-order valence-corrected chi connectivity index (χ3v) is 5.03. The van der Waals surface area contributed by atoms with Crippen LogP contribution in [0.15, 0.2) is 58.0 Å². The summed E-state index contributed by atoms with van der Waals surface area (Å²) in [4.78, 5) is 16.2. The largest absolute Gasteiger partial charge is 0.272 e. The zero-order valence-corrected chi connectivity index (χ0v) is 13.5. The lowest BCUT2D eigenvalue weighted by Gasteiger charge is -1.97. The van der Waals surface area contributed by atoms with Crippen LogP contribution in [0.1, 0.15) is 5.56 Å². The van der Waals surface area contributed by atoms with Crippen molar-refractivity contribution in [2.45, 2.75) is 4.34 Å². The fourth-order valence-electron chi connectivity index (χ4n) is 1.84. The first kappa shape index (κ1) is 15.6. The molecule has 0 fully saturated rings. The standard InChI is InChI=1S/C16H12FN3OS2/c17-12-5-3-4-11(8-12)9-18-20-15(21)10-22-16-19-13-6-1-2-7-14(13)23-16/h1-9H,10H2,(H,20,21). The number of hydrogen-bond acceptors (Lipinski definition) is 5. The molecule has 0 aliphatic carbocycles. The number of amides is 1. The summed E-state index contributed by atoms with van der Waals surface area (Å²) in [5.41, 5.74) is 3.94. The number of benzene rings is 2. The number of para-hydroxylation sites is 1. The van der Waals surface area contributed by atoms with E-state index in [0.717, 1.165) is 14.6 Å². The van der Waals surface area contributed by atoms with Crippen molar-refractivity contribution >= 4 is 45.4 Å². The number of nitrogens with zero attached hydrogens (tertiary/aromatic N) is 2. The van der Waals surface area contributed by atoms with Crippen molar-refractivity contribution < 1.29 is 9.18 Å². The molecule has 0 spiro atoms. The molecule has 0 aliphatic rings. The molecule has 2 aromatic carbocycles. The van der Waals surface area contributed by atoms with E-state index in [9.17, 15) is 9.18 Å². The van der Waals surface area contributed by atoms with Crippen LogP contribution in [0.5, 0.6) is 0 Å². The predicted molar refractivity (Wildman–Crippen MR) is 92.5 cm³/mol. The normalized spacial score (nSPS) is 11.2. The van der Waals surface area contributed by atoms with Crippen LogP contribution in [0.4, 0.5) is 4.39 Å². The average Bonchev–Trinajstić information content (AvgIpc) is 2.96. The molecule has 7 heteroatoms. The van der Waals surface area contributed by atoms with Crippen molar-refractivity contribution in [3.63, 3.8) is 0 Å². The topological polar surface area (TPSA) is 54.4 Å². The fraction of sp³-hybridized carbons (Fsp3) is 0.0625. The molecular formula is C16H12FN3OS2. The molecule has 23 heavy (non-hydrogen) atoms. The molecule has 1 heterocycles. The Balaban J connectivity index is 1.51. The summed E-state index contributed by atoms with van der Waals surface area (Å²) in [5, 5.41) is 3.82. The van der Waals surface area contributed by atoms with E-state index >= 15 is 0 Å². The quantitative estimate of drug-likeness (QED) is 0.436. The number of halogens is 1. The van der Waals surface area contributed by atoms with E-state index in [0.29, 0.717) is 5.56 Å². The van der Waals surface area contributed by atoms with Gasteiger partial charge in [-0.2, -0.15) is 5.10 Å². The van der Waals surface area contributed by atoms with Gasteiger partial charge >= 0.3 is 0 Å². The third kappa shape index (κ3) is 4.37. The molecular weight excluding hydrogens is 333 g/mol. The Kier molecular flexibility index (Phi) is 4.99. The zero-order valence-electron chi connectivity index (χ0n) is 11.9. The van der Waals surface area contributed by atoms with Crippen LogP contribution in [0, 0.1) is 5.82 Å². The van der Waals surface area contributed by atoms with Gasteiger partial charge in [0.05, 0.1) is 22.2 Å². The van der Waals surface area contributed by atoms with Crippen LogP contribution < -0.4 is 5.43 Å². The Labute approximate surface area is 140 Å². The van der Waals surface area contributed by atoms with Crippen LogP contribution in [0.3, 0.4) is 0 Å². The van der Waals surface area contributed by atoms with Gasteiger partial charge in [0.1, 0.15) is 5.82 Å². The number of hydrogen-bond donors (Lipinski definition) is 1. The summed E-state index contributed by atoms with van der Waals surface area (Å²) in [7, 11) is 0. The number of thioether (sulfide) groups is 1. The SMILES string of the molecule is O=C(CSc1nc2ccccc2s1)NN=Cc1cccc(F)c1. The zero-order chi connectivity index (χ0) is 16.1. The van der Waals surface area contributed by atoms with Crippen molar-refractivity contribution in [1.82, 2.24) is 10.4 Å². The maximum Gasteiger partial charge on any atom is 0.250 e. The molecule has 0 saturated carbocycles. The molecule has 1 N–H and O–H groups in total. The van der Waals surface area contributed by atoms with Gasteiger partial charge in [-0.1, -0.05) is 36.0 Å². The van der Waals surface area contributed by atoms with E-state index in [1.54, 1.807) is 23.5 Å². The van der Waals surface area contributed by atoms with Gasteiger partial charge in [-0.05, 0) is 29.8 Å². The Hall–Kier alpha value is -2.25. The number of fused-ring (bicyclic) bond motifs is 1. The van der Waals surface area contributed by atoms with Crippen LogP contribution in [0.25, 0.3) is 10.2 Å². The number of thiazole rings is 1. The average molecular weight is 345 g/mol. The summed E-state index contributed by atoms with van der Waals surface area (Å²) in [6.45, 7) is 0. The number of rotatable bonds is 5. The van der Waals surface area contributed by atoms with Crippen molar-refractivity contribution in [2.24, 2.45) is 5.10 Å². The van der Waals surface area contributed by atoms with Crippen LogP contribution >= 0.6 is 23.1 Å². The van der Waals surface area contributed by atoms with Gasteiger partial charge < -0.3 is 0 Å². The van der Waals surface area contributed by atoms with E-state index < -0.39 is 0 Å². The van der Waals surface area contributed by atoms with Gasteiger partial charge in [0.15, 0.2) is 4.34 Å². The first-order valence-corrected chi connectivity index (χ1v) is 8.57. The Bertz CT molecular complexity index is 830. The lowest BCUT2D eigenvalue weighted by Crippen LogP contribution is -2.19. The minimum absolute atomic E-state index is 0.223. The fourth-order valence-corrected chi connectivity index (χ4v) is 3.70. The first-order chi connectivity index (χ1) is 11.2. The molecule has 0 aliphatic heterocycles. The summed E-state index contributed by atoms with van der Waals surface area (Å²) in [6, 6.07) is 13.8. The molecule has 1 aromatic heterocycles. The summed E-state index contributed by atoms with van der Waals surface area (Å²) >= 11 is 2.92. The maximum atomic E-state index is 13.0. The van der Waals surface area contributed by atoms with Crippen molar-refractivity contribution in [1.29, 1.82) is 0 Å². The van der Waals surface area contributed by atoms with Crippen molar-refractivity contribution in [3.8, 4) is 0 Å². The minimum Gasteiger partial charge on any atom is -0.272 e. The Morgan fingerprint density at radius 1 is 1.30 bits per heavy atom. The van der Waals surface area contributed by atoms with Crippen LogP contribution in [-0.2, 0) is 4.79 Å². The molecule has 0 radical (unpaired) electrons. The molecule has 0 bridgehead atoms. The number of carbonyl (C=O) groups is 1. The van der Waals surface area contributed by atoms with E-state index in [2.05, 4.69) is 15.5 Å². The van der Waals surface area contributed by atoms with E-state index in [1.807, 2.05) is 24.3 Å². The number of nitrogens with one attached hydrogen (secondary N) is 1. The van der Waals surface area contributed by atoms with E-state index in [-0.39, 0.29) is 17.5 Å². The molecule has 116 valence electrons. The van der Waals surface area contributed by atoms with Gasteiger partial charge in [-0.25, -0.2) is 14.8 Å². The minimum atomic E-state index is -0.341. The predicted octanol–water partition coefficient (Wildman–Crippen LogP) is 3.68. The highest BCUT2D eigenvalue weighted by Gasteiger charge is 2.06. The second-order valence-corrected chi connectivity index (χ2v) is 6.84. The highest BCUT2D eigenvalue weighted by Crippen LogP contribution is 2.28. The highest BCUT2D eigenvalue weighted by molar-refractivity contribution is 8.01. The summed E-state index contributed by atoms with van der Waals surface area (Å²) < 4.78 is 14.9. The summed E-state index contributed by atoms with van der Waals surface area (Å²) in [5.74, 6) is -0.353. The first-order valence-electron chi connectivity index (χ1n) is 6.76. The second kappa shape index (κ2) is 7.34. The third-order valence-electron chi connectivity index (χ3n) is 2.85. The van der Waals surface area contributed by atoms with E-state index in [1.165, 1.54) is 30.1 Å². The van der Waals surface area contributed by atoms with Crippen LogP contribution in [0.2, 0.25) is 0 Å². The highest BCUT2D eigenvalue weighted by atomic mass is 32.2. The van der Waals surface area contributed by atoms with Crippen molar-refractivity contribution in [3.05, 3.63) is 59.9 Å². The number of hydrazone groups is 1. The maximum absolute atomic E-state index is 13.0. The number of carbonyl (C=O) groups excluding carboxylic acids is 1. The molecule has 0 unspecified atom stereocenters. The van der Waals surface area contributed by atoms with Gasteiger partial charge in [0.2, 0.25) is 0 Å². The molecule has 3 rings (SSSR count). The van der Waals surface area contributed by atoms with Gasteiger partial charge in [-0.15, -0.1) is 11.3 Å². The molecule has 1 amide bonds. The smallest absolute Gasteiger partial charge is 0.250 e. The summed E-state index contributed by atoms with van der Waals surface area (Å²) in [6.07, 6.45) is 1.41. The van der Waals surface area contributed by atoms with Gasteiger partial charge in [0, 0.05) is 0 Å². The lowest BCUT2D eigenvalue weighted by atomic mass is 10.2. The second-order valence-electron chi connectivity index (χ2n) is 4.58. The van der Waals surface area contributed by atoms with Gasteiger partial charge in [0.25, 0.3) is 5.91 Å². The Morgan fingerprint density at radius 3 is 3.00 bits per heavy atom. The van der Waals surface area contributed by atoms with Crippen LogP contribution in [-0.4, -0.2) is 22.9 Å². The monoisotopic (exact) mass is 345 g/mol. The van der Waals surface area contributed by atoms with E-state index in [4.69, 9.17) is 0 Å². The molecule has 4 nitrogen and oxygen atoms in total. The lowest BCUT2D eigenvalue weighted by molar-refractivity contribution is -0.118. The molecule has 3 aromatic rings.